The van der Waals surface area contributed by atoms with Crippen molar-refractivity contribution in [1.82, 2.24) is 4.90 Å². The summed E-state index contributed by atoms with van der Waals surface area (Å²) in [5, 5.41) is 0. The summed E-state index contributed by atoms with van der Waals surface area (Å²) in [7, 11) is 1.28. The number of rotatable bonds is 8. The maximum absolute atomic E-state index is 14.2. The van der Waals surface area contributed by atoms with Gasteiger partial charge < -0.3 is 14.4 Å². The number of ketones is 1. The lowest BCUT2D eigenvalue weighted by Crippen LogP contribution is -2.48. The van der Waals surface area contributed by atoms with Crippen LogP contribution in [0.2, 0.25) is 0 Å². The molecule has 1 fully saturated rings. The smallest absolute Gasteiger partial charge is 0.318 e. The van der Waals surface area contributed by atoms with Crippen molar-refractivity contribution >= 4 is 33.6 Å². The van der Waals surface area contributed by atoms with E-state index in [1.165, 1.54) is 7.11 Å². The number of hydrogen-bond acceptors (Lipinski definition) is 5. The largest absolute Gasteiger partial charge is 0.468 e. The molecule has 3 aromatic rings. The van der Waals surface area contributed by atoms with Crippen molar-refractivity contribution in [2.24, 2.45) is 5.92 Å². The number of methoxy groups -OCH3 is 1. The van der Waals surface area contributed by atoms with Crippen LogP contribution in [0.5, 0.6) is 0 Å². The predicted molar refractivity (Wildman–Crippen MR) is 144 cm³/mol. The van der Waals surface area contributed by atoms with Crippen LogP contribution in [0.4, 0.5) is 0 Å². The number of esters is 1. The molecular weight excluding hydrogens is 534 g/mol. The Morgan fingerprint density at radius 1 is 0.865 bits per heavy atom. The van der Waals surface area contributed by atoms with Crippen molar-refractivity contribution in [3.05, 3.63) is 106 Å². The quantitative estimate of drug-likeness (QED) is 0.215. The Labute approximate surface area is 225 Å². The zero-order valence-electron chi connectivity index (χ0n) is 20.9. The molecule has 3 atom stereocenters. The number of hydrogen-bond donors (Lipinski definition) is 0. The number of halogens is 1. The summed E-state index contributed by atoms with van der Waals surface area (Å²) in [5.74, 6) is -4.01. The van der Waals surface area contributed by atoms with Crippen LogP contribution < -0.4 is 0 Å². The van der Waals surface area contributed by atoms with Gasteiger partial charge in [0.05, 0.1) is 26.2 Å². The van der Waals surface area contributed by atoms with Crippen LogP contribution in [-0.2, 0) is 19.1 Å². The van der Waals surface area contributed by atoms with Crippen LogP contribution in [0.3, 0.4) is 0 Å². The summed E-state index contributed by atoms with van der Waals surface area (Å²) in [6, 6.07) is 24.1. The summed E-state index contributed by atoms with van der Waals surface area (Å²) in [6.07, 6.45) is 0. The average molecular weight is 564 g/mol. The number of carbonyl (C=O) groups is 3. The zero-order chi connectivity index (χ0) is 26.4. The first kappa shape index (κ1) is 26.8. The molecule has 6 nitrogen and oxygen atoms in total. The number of carbonyl (C=O) groups excluding carboxylic acids is 3. The highest BCUT2D eigenvalue weighted by atomic mass is 79.9. The van der Waals surface area contributed by atoms with E-state index in [4.69, 9.17) is 9.47 Å². The van der Waals surface area contributed by atoms with Gasteiger partial charge in [-0.25, -0.2) is 0 Å². The van der Waals surface area contributed by atoms with Gasteiger partial charge in [-0.15, -0.1) is 0 Å². The van der Waals surface area contributed by atoms with E-state index in [9.17, 15) is 14.4 Å². The Bertz CT molecular complexity index is 1220. The number of benzene rings is 3. The second-order valence-electron chi connectivity index (χ2n) is 9.13. The molecule has 7 heteroatoms. The summed E-state index contributed by atoms with van der Waals surface area (Å²) >= 11 is 3.47. The van der Waals surface area contributed by atoms with Gasteiger partial charge >= 0.3 is 5.97 Å². The first-order valence-electron chi connectivity index (χ1n) is 12.3. The van der Waals surface area contributed by atoms with E-state index >= 15 is 0 Å². The van der Waals surface area contributed by atoms with E-state index in [1.807, 2.05) is 73.7 Å². The molecule has 192 valence electrons. The number of Topliss-reactive ketones (excluding diaryl/α,β-unsaturated/α-hetero) is 1. The molecule has 0 unspecified atom stereocenters. The minimum Gasteiger partial charge on any atom is -0.468 e. The minimum atomic E-state index is -1.22. The lowest BCUT2D eigenvalue weighted by molar-refractivity contribution is -0.156. The maximum Gasteiger partial charge on any atom is 0.318 e. The Morgan fingerprint density at radius 3 is 2.08 bits per heavy atom. The minimum absolute atomic E-state index is 0.164. The molecule has 3 aromatic carbocycles. The van der Waals surface area contributed by atoms with Gasteiger partial charge in [0, 0.05) is 29.0 Å². The van der Waals surface area contributed by atoms with Crippen LogP contribution in [0.1, 0.15) is 38.9 Å². The summed E-state index contributed by atoms with van der Waals surface area (Å²) < 4.78 is 11.5. The molecule has 0 N–H and O–H groups in total. The number of aryl methyl sites for hydroxylation is 1. The molecule has 0 bridgehead atoms. The molecule has 1 aliphatic rings. The van der Waals surface area contributed by atoms with E-state index in [1.54, 1.807) is 17.0 Å². The summed E-state index contributed by atoms with van der Waals surface area (Å²) in [5.41, 5.74) is 2.98. The Kier molecular flexibility index (Phi) is 8.90. The first-order chi connectivity index (χ1) is 17.9. The van der Waals surface area contributed by atoms with Crippen LogP contribution in [0.15, 0.2) is 83.3 Å². The molecule has 0 saturated carbocycles. The normalized spacial score (nSPS) is 15.9. The second kappa shape index (κ2) is 12.3. The topological polar surface area (TPSA) is 72.9 Å². The molecule has 0 spiro atoms. The van der Waals surface area contributed by atoms with Crippen LogP contribution >= 0.6 is 15.9 Å². The molecule has 0 radical (unpaired) electrons. The fraction of sp³-hybridized carbons (Fsp3) is 0.300. The molecule has 1 heterocycles. The van der Waals surface area contributed by atoms with Crippen molar-refractivity contribution < 1.29 is 23.9 Å². The summed E-state index contributed by atoms with van der Waals surface area (Å²) in [6.45, 7) is 3.50. The predicted octanol–water partition coefficient (Wildman–Crippen LogP) is 5.16. The van der Waals surface area contributed by atoms with Gasteiger partial charge in [0.25, 0.3) is 0 Å². The molecule has 1 saturated heterocycles. The fourth-order valence-electron chi connectivity index (χ4n) is 4.85. The van der Waals surface area contributed by atoms with Gasteiger partial charge in [0.15, 0.2) is 5.78 Å². The maximum atomic E-state index is 14.2. The Morgan fingerprint density at radius 2 is 1.49 bits per heavy atom. The highest BCUT2D eigenvalue weighted by Crippen LogP contribution is 2.43. The molecule has 1 aliphatic heterocycles. The average Bonchev–Trinajstić information content (AvgIpc) is 2.94. The summed E-state index contributed by atoms with van der Waals surface area (Å²) in [4.78, 5) is 43.2. The van der Waals surface area contributed by atoms with Gasteiger partial charge in [0.2, 0.25) is 5.91 Å². The Hall–Kier alpha value is -3.29. The SMILES string of the molecule is COC(=O)[C@H](C(=O)N1CCOCC1)[C@H](c1ccc(Br)cc1)[C@H](C(=O)c1ccc(C)cc1)c1ccccc1. The lowest BCUT2D eigenvalue weighted by atomic mass is 9.70. The first-order valence-corrected chi connectivity index (χ1v) is 13.1. The van der Waals surface area contributed by atoms with E-state index < -0.39 is 23.7 Å². The number of amides is 1. The molecule has 4 rings (SSSR count). The van der Waals surface area contributed by atoms with Crippen molar-refractivity contribution in [3.63, 3.8) is 0 Å². The van der Waals surface area contributed by atoms with Gasteiger partial charge in [-0.1, -0.05) is 88.2 Å². The third-order valence-corrected chi connectivity index (χ3v) is 7.32. The lowest BCUT2D eigenvalue weighted by Gasteiger charge is -2.36. The van der Waals surface area contributed by atoms with Crippen LogP contribution in [0, 0.1) is 12.8 Å². The molecule has 37 heavy (non-hydrogen) atoms. The van der Waals surface area contributed by atoms with Crippen molar-refractivity contribution in [2.75, 3.05) is 33.4 Å². The molecule has 0 aromatic heterocycles. The van der Waals surface area contributed by atoms with E-state index in [-0.39, 0.29) is 11.7 Å². The number of nitrogens with zero attached hydrogens (tertiary/aromatic N) is 1. The van der Waals surface area contributed by atoms with Crippen molar-refractivity contribution in [1.29, 1.82) is 0 Å². The molecule has 1 amide bonds. The van der Waals surface area contributed by atoms with E-state index in [2.05, 4.69) is 15.9 Å². The third-order valence-electron chi connectivity index (χ3n) is 6.79. The zero-order valence-corrected chi connectivity index (χ0v) is 22.5. The van der Waals surface area contributed by atoms with E-state index in [0.717, 1.165) is 15.6 Å². The van der Waals surface area contributed by atoms with Gasteiger partial charge in [-0.05, 0) is 30.2 Å². The third kappa shape index (κ3) is 6.17. The number of morpholine rings is 1. The Balaban J connectivity index is 1.91. The van der Waals surface area contributed by atoms with Gasteiger partial charge in [-0.2, -0.15) is 0 Å². The van der Waals surface area contributed by atoms with E-state index in [0.29, 0.717) is 37.4 Å². The highest BCUT2D eigenvalue weighted by Gasteiger charge is 2.46. The van der Waals surface area contributed by atoms with Gasteiger partial charge in [-0.3, -0.25) is 14.4 Å². The van der Waals surface area contributed by atoms with Crippen LogP contribution in [-0.4, -0.2) is 56.0 Å². The standard InChI is InChI=1S/C30H30BrNO5/c1-20-8-10-23(11-9-20)28(33)26(21-6-4-3-5-7-21)25(22-12-14-24(31)15-13-22)27(30(35)36-2)29(34)32-16-18-37-19-17-32/h3-15,25-27H,16-19H2,1-2H3/t25-,26-,27+/m1/s1. The van der Waals surface area contributed by atoms with Crippen molar-refractivity contribution in [2.45, 2.75) is 18.8 Å². The fourth-order valence-corrected chi connectivity index (χ4v) is 5.11. The molecular formula is C30H30BrNO5. The monoisotopic (exact) mass is 563 g/mol. The van der Waals surface area contributed by atoms with Crippen LogP contribution in [0.25, 0.3) is 0 Å². The highest BCUT2D eigenvalue weighted by molar-refractivity contribution is 9.10. The number of ether oxygens (including phenoxy) is 2. The molecule has 0 aliphatic carbocycles. The van der Waals surface area contributed by atoms with Gasteiger partial charge in [0.1, 0.15) is 5.92 Å². The van der Waals surface area contributed by atoms with Crippen molar-refractivity contribution in [3.8, 4) is 0 Å². The second-order valence-corrected chi connectivity index (χ2v) is 10.1.